The van der Waals surface area contributed by atoms with E-state index >= 15 is 0 Å². The number of carbonyl (C=O) groups is 4. The molecule has 0 saturated carbocycles. The Morgan fingerprint density at radius 1 is 0.889 bits per heavy atom. The molecule has 11 heteroatoms. The lowest BCUT2D eigenvalue weighted by atomic mass is 10.1. The van der Waals surface area contributed by atoms with Crippen molar-refractivity contribution in [1.29, 1.82) is 0 Å². The predicted octanol–water partition coefficient (Wildman–Crippen LogP) is 6.10. The first kappa shape index (κ1) is 31.2. The van der Waals surface area contributed by atoms with E-state index in [0.717, 1.165) is 4.90 Å². The van der Waals surface area contributed by atoms with Crippen molar-refractivity contribution in [1.82, 2.24) is 10.6 Å². The lowest BCUT2D eigenvalue weighted by Gasteiger charge is -2.14. The van der Waals surface area contributed by atoms with E-state index in [4.69, 9.17) is 11.6 Å². The Balaban J connectivity index is 1.25. The molecular formula is C34H28ClN5O4S. The Hall–Kier alpha value is -5.19. The zero-order valence-corrected chi connectivity index (χ0v) is 25.6. The Bertz CT molecular complexity index is 1780. The van der Waals surface area contributed by atoms with Gasteiger partial charge in [-0.25, -0.2) is 0 Å². The van der Waals surface area contributed by atoms with E-state index in [1.807, 2.05) is 24.3 Å². The number of hydrogen-bond donors (Lipinski definition) is 3. The van der Waals surface area contributed by atoms with E-state index in [1.165, 1.54) is 16.8 Å². The van der Waals surface area contributed by atoms with Gasteiger partial charge in [0.15, 0.2) is 0 Å². The van der Waals surface area contributed by atoms with E-state index in [1.54, 1.807) is 97.9 Å². The molecule has 45 heavy (non-hydrogen) atoms. The van der Waals surface area contributed by atoms with Crippen LogP contribution in [0, 0.1) is 0 Å². The number of anilines is 2. The van der Waals surface area contributed by atoms with E-state index in [9.17, 15) is 19.2 Å². The number of amidine groups is 1. The fourth-order valence-electron chi connectivity index (χ4n) is 4.29. The first-order chi connectivity index (χ1) is 21.7. The van der Waals surface area contributed by atoms with E-state index in [-0.39, 0.29) is 29.8 Å². The van der Waals surface area contributed by atoms with Gasteiger partial charge in [0.2, 0.25) is 5.91 Å². The third-order valence-corrected chi connectivity index (χ3v) is 7.87. The first-order valence-electron chi connectivity index (χ1n) is 13.9. The summed E-state index contributed by atoms with van der Waals surface area (Å²) in [6.07, 6.45) is 1.55. The molecule has 0 spiro atoms. The van der Waals surface area contributed by atoms with Crippen LogP contribution in [0.5, 0.6) is 0 Å². The minimum absolute atomic E-state index is 0.00772. The molecule has 0 aromatic heterocycles. The number of thioether (sulfide) groups is 1. The molecule has 0 radical (unpaired) electrons. The zero-order valence-electron chi connectivity index (χ0n) is 24.1. The fourth-order valence-corrected chi connectivity index (χ4v) is 5.34. The van der Waals surface area contributed by atoms with Crippen molar-refractivity contribution in [2.24, 2.45) is 5.10 Å². The van der Waals surface area contributed by atoms with Gasteiger partial charge in [0.1, 0.15) is 11.5 Å². The van der Waals surface area contributed by atoms with E-state index < -0.39 is 17.1 Å². The number of para-hydroxylation sites is 1. The van der Waals surface area contributed by atoms with Crippen LogP contribution >= 0.6 is 23.4 Å². The zero-order chi connectivity index (χ0) is 31.8. The van der Waals surface area contributed by atoms with E-state index in [2.05, 4.69) is 21.1 Å². The minimum Gasteiger partial charge on any atom is -0.321 e. The van der Waals surface area contributed by atoms with Crippen LogP contribution in [-0.4, -0.2) is 34.7 Å². The number of nitrogens with one attached hydrogen (secondary N) is 3. The Labute approximate surface area is 269 Å². The summed E-state index contributed by atoms with van der Waals surface area (Å²) in [5.41, 5.74) is 2.20. The molecule has 1 heterocycles. The average molecular weight is 638 g/mol. The van der Waals surface area contributed by atoms with Crippen LogP contribution in [0.25, 0.3) is 6.08 Å². The molecule has 1 atom stereocenters. The maximum absolute atomic E-state index is 13.4. The van der Waals surface area contributed by atoms with Crippen LogP contribution in [0.2, 0.25) is 5.02 Å². The SMILES string of the molecule is CC(Sc1cccc(NC(=O)/C(=C/c2ccc(Cl)cc2)NC(=O)c2ccccc2)c1)C(=O)NC1=NN(c2ccccc2)C(=O)C1. The molecule has 0 bridgehead atoms. The number of rotatable bonds is 9. The maximum Gasteiger partial charge on any atom is 0.272 e. The predicted molar refractivity (Wildman–Crippen MR) is 178 cm³/mol. The van der Waals surface area contributed by atoms with Gasteiger partial charge in [-0.15, -0.1) is 11.8 Å². The molecule has 4 aromatic carbocycles. The van der Waals surface area contributed by atoms with Crippen LogP contribution in [0.15, 0.2) is 125 Å². The molecule has 1 unspecified atom stereocenters. The van der Waals surface area contributed by atoms with E-state index in [0.29, 0.717) is 27.5 Å². The van der Waals surface area contributed by atoms with Gasteiger partial charge in [0.05, 0.1) is 17.4 Å². The van der Waals surface area contributed by atoms with Gasteiger partial charge in [0, 0.05) is 21.2 Å². The summed E-state index contributed by atoms with van der Waals surface area (Å²) in [6.45, 7) is 1.74. The van der Waals surface area contributed by atoms with Crippen LogP contribution in [0.3, 0.4) is 0 Å². The summed E-state index contributed by atoms with van der Waals surface area (Å²) in [5, 5.41) is 13.9. The molecule has 4 amide bonds. The largest absolute Gasteiger partial charge is 0.321 e. The second-order valence-corrected chi connectivity index (χ2v) is 11.8. The summed E-state index contributed by atoms with van der Waals surface area (Å²) in [4.78, 5) is 52.4. The molecule has 3 N–H and O–H groups in total. The van der Waals surface area contributed by atoms with Gasteiger partial charge in [-0.3, -0.25) is 19.2 Å². The van der Waals surface area contributed by atoms with Crippen molar-refractivity contribution in [2.45, 2.75) is 23.5 Å². The molecule has 1 aliphatic heterocycles. The summed E-state index contributed by atoms with van der Waals surface area (Å²) in [6, 6.07) is 31.5. The van der Waals surface area contributed by atoms with Crippen LogP contribution < -0.4 is 21.0 Å². The average Bonchev–Trinajstić information content (AvgIpc) is 3.42. The molecular weight excluding hydrogens is 610 g/mol. The van der Waals surface area contributed by atoms with Crippen molar-refractivity contribution in [3.63, 3.8) is 0 Å². The van der Waals surface area contributed by atoms with Gasteiger partial charge in [-0.2, -0.15) is 10.1 Å². The van der Waals surface area contributed by atoms with Gasteiger partial charge in [0.25, 0.3) is 17.7 Å². The highest BCUT2D eigenvalue weighted by atomic mass is 35.5. The van der Waals surface area contributed by atoms with Crippen molar-refractivity contribution in [3.8, 4) is 0 Å². The van der Waals surface area contributed by atoms with Crippen molar-refractivity contribution in [2.75, 3.05) is 10.3 Å². The van der Waals surface area contributed by atoms with Crippen molar-refractivity contribution >= 4 is 70.3 Å². The standard InChI is InChI=1S/C34H28ClN5O4S/c1-22(32(42)38-30-21-31(41)40(39-30)27-12-6-3-7-13-27)45-28-14-8-11-26(20-28)36-34(44)29(19-23-15-17-25(35)18-16-23)37-33(43)24-9-4-2-5-10-24/h2-20,22H,21H2,1H3,(H,36,44)(H,37,43)(H,38,39,42)/b29-19-. The quantitative estimate of drug-likeness (QED) is 0.151. The molecule has 4 aromatic rings. The maximum atomic E-state index is 13.4. The number of carbonyl (C=O) groups excluding carboxylic acids is 4. The van der Waals surface area contributed by atoms with Crippen LogP contribution in [-0.2, 0) is 14.4 Å². The second-order valence-electron chi connectivity index (χ2n) is 9.93. The summed E-state index contributed by atoms with van der Waals surface area (Å²) in [5.74, 6) is -1.23. The van der Waals surface area contributed by atoms with Gasteiger partial charge >= 0.3 is 0 Å². The highest BCUT2D eigenvalue weighted by Crippen LogP contribution is 2.27. The number of amides is 4. The molecule has 226 valence electrons. The number of hydrogen-bond acceptors (Lipinski definition) is 6. The molecule has 0 saturated heterocycles. The molecule has 5 rings (SSSR count). The van der Waals surface area contributed by atoms with Crippen LogP contribution in [0.4, 0.5) is 11.4 Å². The van der Waals surface area contributed by atoms with Crippen LogP contribution in [0.1, 0.15) is 29.3 Å². The highest BCUT2D eigenvalue weighted by Gasteiger charge is 2.27. The lowest BCUT2D eigenvalue weighted by Crippen LogP contribution is -2.35. The molecule has 9 nitrogen and oxygen atoms in total. The number of hydrazone groups is 1. The summed E-state index contributed by atoms with van der Waals surface area (Å²) < 4.78 is 0. The number of nitrogens with zero attached hydrogens (tertiary/aromatic N) is 2. The smallest absolute Gasteiger partial charge is 0.272 e. The summed E-state index contributed by atoms with van der Waals surface area (Å²) >= 11 is 7.29. The molecule has 1 aliphatic rings. The van der Waals surface area contributed by atoms with Gasteiger partial charge in [-0.05, 0) is 73.2 Å². The highest BCUT2D eigenvalue weighted by molar-refractivity contribution is 8.00. The summed E-state index contributed by atoms with van der Waals surface area (Å²) in [7, 11) is 0. The minimum atomic E-state index is -0.537. The first-order valence-corrected chi connectivity index (χ1v) is 15.2. The Morgan fingerprint density at radius 3 is 2.29 bits per heavy atom. The normalized spacial score (nSPS) is 13.6. The van der Waals surface area contributed by atoms with Gasteiger partial charge in [-0.1, -0.05) is 66.2 Å². The third-order valence-electron chi connectivity index (χ3n) is 6.53. The monoisotopic (exact) mass is 637 g/mol. The molecule has 0 fully saturated rings. The Morgan fingerprint density at radius 2 is 1.58 bits per heavy atom. The van der Waals surface area contributed by atoms with Crippen molar-refractivity contribution in [3.05, 3.63) is 131 Å². The third kappa shape index (κ3) is 8.47. The van der Waals surface area contributed by atoms with Gasteiger partial charge < -0.3 is 16.0 Å². The second kappa shape index (κ2) is 14.5. The van der Waals surface area contributed by atoms with Crippen molar-refractivity contribution < 1.29 is 19.2 Å². The molecule has 0 aliphatic carbocycles. The Kier molecular flexibility index (Phi) is 10.1. The number of benzene rings is 4. The topological polar surface area (TPSA) is 120 Å². The fraction of sp³-hybridized carbons (Fsp3) is 0.0882. The lowest BCUT2D eigenvalue weighted by molar-refractivity contribution is -0.119. The number of halogens is 1.